The number of aryl methyl sites for hydroxylation is 1. The van der Waals surface area contributed by atoms with Gasteiger partial charge in [0.25, 0.3) is 0 Å². The predicted molar refractivity (Wildman–Crippen MR) is 85.5 cm³/mol. The fraction of sp³-hybridized carbons (Fsp3) is 0.333. The first kappa shape index (κ1) is 15.1. The van der Waals surface area contributed by atoms with Gasteiger partial charge in [-0.2, -0.15) is 0 Å². The van der Waals surface area contributed by atoms with E-state index in [4.69, 9.17) is 0 Å². The maximum atomic E-state index is 11.8. The number of carbonyl (C=O) groups excluding carboxylic acids is 1. The van der Waals surface area contributed by atoms with Crippen LogP contribution < -0.4 is 5.32 Å². The van der Waals surface area contributed by atoms with Crippen LogP contribution in [0.15, 0.2) is 38.9 Å². The van der Waals surface area contributed by atoms with Gasteiger partial charge in [0.2, 0.25) is 5.91 Å². The summed E-state index contributed by atoms with van der Waals surface area (Å²) < 4.78 is 1.04. The zero-order chi connectivity index (χ0) is 14.5. The van der Waals surface area contributed by atoms with Crippen molar-refractivity contribution >= 4 is 34.7 Å². The van der Waals surface area contributed by atoms with Gasteiger partial charge in [-0.15, -0.1) is 11.3 Å². The van der Waals surface area contributed by atoms with Crippen molar-refractivity contribution in [2.75, 3.05) is 5.32 Å². The molecule has 0 saturated carbocycles. The number of hydrogen-bond acceptors (Lipinski definition) is 4. The quantitative estimate of drug-likeness (QED) is 0.878. The molecule has 0 aliphatic heterocycles. The summed E-state index contributed by atoms with van der Waals surface area (Å²) in [6.45, 7) is 5.94. The van der Waals surface area contributed by atoms with Gasteiger partial charge < -0.3 is 5.32 Å². The molecule has 1 N–H and O–H groups in total. The molecule has 1 atom stereocenters. The molecule has 1 unspecified atom stereocenters. The van der Waals surface area contributed by atoms with Crippen LogP contribution in [0.3, 0.4) is 0 Å². The van der Waals surface area contributed by atoms with Crippen LogP contribution in [0.25, 0.3) is 0 Å². The van der Waals surface area contributed by atoms with E-state index in [-0.39, 0.29) is 11.8 Å². The average molecular weight is 306 g/mol. The van der Waals surface area contributed by atoms with Gasteiger partial charge in [0.05, 0.1) is 0 Å². The zero-order valence-electron chi connectivity index (χ0n) is 11.8. The molecule has 2 rings (SSSR count). The lowest BCUT2D eigenvalue weighted by Gasteiger charge is -2.10. The number of amides is 1. The molecular formula is C15H18N2OS2. The first-order chi connectivity index (χ1) is 9.58. The predicted octanol–water partition coefficient (Wildman–Crippen LogP) is 4.59. The van der Waals surface area contributed by atoms with Crippen molar-refractivity contribution in [1.29, 1.82) is 0 Å². The Kier molecular flexibility index (Phi) is 5.20. The fourth-order valence-corrected chi connectivity index (χ4v) is 3.35. The Labute approximate surface area is 127 Å². The third-order valence-corrected chi connectivity index (χ3v) is 5.05. The van der Waals surface area contributed by atoms with Gasteiger partial charge in [0.1, 0.15) is 0 Å². The minimum atomic E-state index is 0.0438. The fourth-order valence-electron chi connectivity index (χ4n) is 1.54. The van der Waals surface area contributed by atoms with Crippen molar-refractivity contribution in [2.45, 2.75) is 36.4 Å². The Morgan fingerprint density at radius 3 is 2.65 bits per heavy atom. The van der Waals surface area contributed by atoms with Crippen LogP contribution in [0, 0.1) is 12.8 Å². The summed E-state index contributed by atoms with van der Waals surface area (Å²) >= 11 is 3.29. The molecule has 0 radical (unpaired) electrons. The van der Waals surface area contributed by atoms with Crippen LogP contribution in [0.2, 0.25) is 0 Å². The highest BCUT2D eigenvalue weighted by Gasteiger charge is 2.10. The number of nitrogens with one attached hydrogen (secondary N) is 1. The molecule has 3 nitrogen and oxygen atoms in total. The van der Waals surface area contributed by atoms with Gasteiger partial charge in [-0.25, -0.2) is 4.98 Å². The number of carbonyl (C=O) groups is 1. The van der Waals surface area contributed by atoms with Gasteiger partial charge >= 0.3 is 0 Å². The maximum absolute atomic E-state index is 11.8. The minimum Gasteiger partial charge on any atom is -0.326 e. The SMILES string of the molecule is CCC(C)C(=O)Nc1ccc(Sc2nc(C)cs2)cc1. The van der Waals surface area contributed by atoms with Crippen LogP contribution in [-0.2, 0) is 4.79 Å². The largest absolute Gasteiger partial charge is 0.326 e. The van der Waals surface area contributed by atoms with E-state index < -0.39 is 0 Å². The molecule has 20 heavy (non-hydrogen) atoms. The van der Waals surface area contributed by atoms with Crippen molar-refractivity contribution in [3.63, 3.8) is 0 Å². The van der Waals surface area contributed by atoms with E-state index in [9.17, 15) is 4.79 Å². The van der Waals surface area contributed by atoms with E-state index in [0.29, 0.717) is 0 Å². The molecule has 1 amide bonds. The van der Waals surface area contributed by atoms with E-state index in [0.717, 1.165) is 27.0 Å². The number of nitrogens with zero attached hydrogens (tertiary/aromatic N) is 1. The second-order valence-electron chi connectivity index (χ2n) is 4.68. The molecule has 0 fully saturated rings. The van der Waals surface area contributed by atoms with E-state index in [1.54, 1.807) is 23.1 Å². The second kappa shape index (κ2) is 6.90. The summed E-state index contributed by atoms with van der Waals surface area (Å²) in [7, 11) is 0. The van der Waals surface area contributed by atoms with Crippen molar-refractivity contribution in [2.24, 2.45) is 5.92 Å². The average Bonchev–Trinajstić information content (AvgIpc) is 2.85. The van der Waals surface area contributed by atoms with E-state index in [1.165, 1.54) is 0 Å². The van der Waals surface area contributed by atoms with Crippen LogP contribution in [-0.4, -0.2) is 10.9 Å². The van der Waals surface area contributed by atoms with Gasteiger partial charge in [-0.3, -0.25) is 4.79 Å². The molecule has 1 aromatic heterocycles. The van der Waals surface area contributed by atoms with Crippen molar-refractivity contribution < 1.29 is 4.79 Å². The summed E-state index contributed by atoms with van der Waals surface area (Å²) in [6.07, 6.45) is 0.850. The number of thiazole rings is 1. The Balaban J connectivity index is 1.97. The monoisotopic (exact) mass is 306 g/mol. The van der Waals surface area contributed by atoms with Crippen LogP contribution in [0.5, 0.6) is 0 Å². The van der Waals surface area contributed by atoms with E-state index in [1.807, 2.05) is 50.4 Å². The first-order valence-corrected chi connectivity index (χ1v) is 8.29. The maximum Gasteiger partial charge on any atom is 0.227 e. The molecule has 2 aromatic rings. The molecule has 0 aliphatic rings. The Hall–Kier alpha value is -1.33. The van der Waals surface area contributed by atoms with Crippen molar-refractivity contribution in [3.05, 3.63) is 35.3 Å². The lowest BCUT2D eigenvalue weighted by molar-refractivity contribution is -0.119. The number of benzene rings is 1. The molecule has 0 aliphatic carbocycles. The molecule has 1 aromatic carbocycles. The summed E-state index contributed by atoms with van der Waals surface area (Å²) in [6, 6.07) is 7.88. The third-order valence-electron chi connectivity index (χ3n) is 2.98. The van der Waals surface area contributed by atoms with Crippen molar-refractivity contribution in [3.8, 4) is 0 Å². The lowest BCUT2D eigenvalue weighted by Crippen LogP contribution is -2.19. The molecule has 1 heterocycles. The normalized spacial score (nSPS) is 12.2. The standard InChI is InChI=1S/C15H18N2OS2/c1-4-10(2)14(18)17-12-5-7-13(8-6-12)20-15-16-11(3)9-19-15/h5-10H,4H2,1-3H3,(H,17,18). The van der Waals surface area contributed by atoms with Crippen LogP contribution in [0.1, 0.15) is 26.0 Å². The zero-order valence-corrected chi connectivity index (χ0v) is 13.5. The topological polar surface area (TPSA) is 42.0 Å². The van der Waals surface area contributed by atoms with Gasteiger partial charge in [-0.05, 0) is 37.6 Å². The van der Waals surface area contributed by atoms with Gasteiger partial charge in [0.15, 0.2) is 4.34 Å². The molecule has 0 spiro atoms. The third kappa shape index (κ3) is 4.08. The molecular weight excluding hydrogens is 288 g/mol. The number of aromatic nitrogens is 1. The van der Waals surface area contributed by atoms with Crippen LogP contribution in [0.4, 0.5) is 5.69 Å². The molecule has 0 saturated heterocycles. The smallest absolute Gasteiger partial charge is 0.227 e. The Morgan fingerprint density at radius 1 is 1.40 bits per heavy atom. The van der Waals surface area contributed by atoms with Crippen molar-refractivity contribution in [1.82, 2.24) is 4.98 Å². The summed E-state index contributed by atoms with van der Waals surface area (Å²) in [4.78, 5) is 17.3. The molecule has 0 bridgehead atoms. The van der Waals surface area contributed by atoms with Crippen LogP contribution >= 0.6 is 23.1 Å². The number of anilines is 1. The molecule has 106 valence electrons. The highest BCUT2D eigenvalue weighted by molar-refractivity contribution is 8.01. The lowest BCUT2D eigenvalue weighted by atomic mass is 10.1. The highest BCUT2D eigenvalue weighted by Crippen LogP contribution is 2.30. The second-order valence-corrected chi connectivity index (χ2v) is 6.86. The number of rotatable bonds is 5. The number of hydrogen-bond donors (Lipinski definition) is 1. The summed E-state index contributed by atoms with van der Waals surface area (Å²) in [5.74, 6) is 0.116. The van der Waals surface area contributed by atoms with Gasteiger partial charge in [-0.1, -0.05) is 25.6 Å². The Morgan fingerprint density at radius 2 is 2.10 bits per heavy atom. The highest BCUT2D eigenvalue weighted by atomic mass is 32.2. The Bertz CT molecular complexity index is 578. The minimum absolute atomic E-state index is 0.0438. The first-order valence-electron chi connectivity index (χ1n) is 6.59. The summed E-state index contributed by atoms with van der Waals surface area (Å²) in [5.41, 5.74) is 1.89. The molecule has 5 heteroatoms. The van der Waals surface area contributed by atoms with E-state index >= 15 is 0 Å². The van der Waals surface area contributed by atoms with E-state index in [2.05, 4.69) is 10.3 Å². The van der Waals surface area contributed by atoms with Gasteiger partial charge in [0, 0.05) is 27.6 Å². The summed E-state index contributed by atoms with van der Waals surface area (Å²) in [5, 5.41) is 4.97.